The lowest BCUT2D eigenvalue weighted by Crippen LogP contribution is -2.50. The molecule has 0 spiro atoms. The number of aromatic nitrogens is 1. The Bertz CT molecular complexity index is 1700. The summed E-state index contributed by atoms with van der Waals surface area (Å²) in [5.41, 5.74) is 9.28. The van der Waals surface area contributed by atoms with Crippen LogP contribution in [0.3, 0.4) is 0 Å². The Hall–Kier alpha value is -4.08. The zero-order valence-electron chi connectivity index (χ0n) is 23.2. The Morgan fingerprint density at radius 3 is 2.50 bits per heavy atom. The Balaban J connectivity index is 1.15. The highest BCUT2D eigenvalue weighted by atomic mass is 32.2. The van der Waals surface area contributed by atoms with Crippen molar-refractivity contribution in [3.63, 3.8) is 0 Å². The molecule has 1 aromatic heterocycles. The van der Waals surface area contributed by atoms with Gasteiger partial charge in [-0.3, -0.25) is 0 Å². The number of fused-ring (bicyclic) bond motifs is 3. The highest BCUT2D eigenvalue weighted by Gasteiger charge is 2.37. The van der Waals surface area contributed by atoms with Crippen LogP contribution in [0.15, 0.2) is 62.5 Å². The Morgan fingerprint density at radius 2 is 1.81 bits per heavy atom. The lowest BCUT2D eigenvalue weighted by atomic mass is 10.0. The number of rotatable bonds is 6. The molecule has 4 heterocycles. The second-order valence-electron chi connectivity index (χ2n) is 9.91. The van der Waals surface area contributed by atoms with Crippen LogP contribution < -0.4 is 25.8 Å². The molecule has 0 saturated carbocycles. The van der Waals surface area contributed by atoms with Gasteiger partial charge >= 0.3 is 0 Å². The van der Waals surface area contributed by atoms with E-state index in [-0.39, 0.29) is 15.3 Å². The van der Waals surface area contributed by atoms with Crippen LogP contribution in [0.2, 0.25) is 0 Å². The molecule has 4 N–H and O–H groups in total. The van der Waals surface area contributed by atoms with Gasteiger partial charge in [-0.05, 0) is 42.5 Å². The number of thiazole rings is 1. The summed E-state index contributed by atoms with van der Waals surface area (Å²) in [5, 5.41) is 7.61. The van der Waals surface area contributed by atoms with Crippen LogP contribution in [0.5, 0.6) is 11.5 Å². The normalized spacial score (nSPS) is 18.0. The second kappa shape index (κ2) is 11.0. The maximum absolute atomic E-state index is 13.0. The molecule has 12 nitrogen and oxygen atoms in total. The van der Waals surface area contributed by atoms with E-state index in [1.54, 1.807) is 26.4 Å². The first-order valence-corrected chi connectivity index (χ1v) is 15.8. The van der Waals surface area contributed by atoms with Gasteiger partial charge in [0.1, 0.15) is 16.2 Å². The second-order valence-corrected chi connectivity index (χ2v) is 13.5. The number of thiocarbonyl (C=S) groups is 1. The Kier molecular flexibility index (Phi) is 7.32. The fourth-order valence-corrected chi connectivity index (χ4v) is 7.94. The maximum Gasteiger partial charge on any atom is 0.217 e. The van der Waals surface area contributed by atoms with Crippen molar-refractivity contribution in [2.45, 2.75) is 15.3 Å². The van der Waals surface area contributed by atoms with Crippen LogP contribution >= 0.6 is 23.6 Å². The summed E-state index contributed by atoms with van der Waals surface area (Å²) in [6.45, 7) is 2.72. The van der Waals surface area contributed by atoms with Gasteiger partial charge in [-0.2, -0.15) is 0 Å². The summed E-state index contributed by atoms with van der Waals surface area (Å²) in [4.78, 5) is 15.6. The van der Waals surface area contributed by atoms with Gasteiger partial charge in [0, 0.05) is 61.8 Å². The molecule has 0 radical (unpaired) electrons. The Labute approximate surface area is 253 Å². The first kappa shape index (κ1) is 28.1. The van der Waals surface area contributed by atoms with E-state index < -0.39 is 9.84 Å². The van der Waals surface area contributed by atoms with E-state index >= 15 is 0 Å². The largest absolute Gasteiger partial charge is 0.493 e. The number of hydrogen-bond donors (Lipinski definition) is 3. The van der Waals surface area contributed by atoms with Crippen molar-refractivity contribution in [1.29, 1.82) is 0 Å². The van der Waals surface area contributed by atoms with Crippen molar-refractivity contribution in [1.82, 2.24) is 19.7 Å². The molecule has 15 heteroatoms. The monoisotopic (exact) mass is 626 g/mol. The quantitative estimate of drug-likeness (QED) is 0.274. The molecule has 0 aliphatic carbocycles. The number of anilines is 3. The van der Waals surface area contributed by atoms with Crippen molar-refractivity contribution in [2.24, 2.45) is 4.99 Å². The van der Waals surface area contributed by atoms with E-state index in [1.165, 1.54) is 18.3 Å². The topological polar surface area (TPSA) is 138 Å². The van der Waals surface area contributed by atoms with E-state index in [0.717, 1.165) is 34.0 Å². The smallest absolute Gasteiger partial charge is 0.217 e. The van der Waals surface area contributed by atoms with Crippen LogP contribution in [0.1, 0.15) is 5.56 Å². The summed E-state index contributed by atoms with van der Waals surface area (Å²) in [6, 6.07) is 10.1. The highest BCUT2D eigenvalue weighted by Crippen LogP contribution is 2.45. The van der Waals surface area contributed by atoms with E-state index in [9.17, 15) is 8.42 Å². The highest BCUT2D eigenvalue weighted by molar-refractivity contribution is 7.93. The minimum atomic E-state index is -3.70. The molecule has 2 aromatic carbocycles. The summed E-state index contributed by atoms with van der Waals surface area (Å²) in [5.74, 6) is 2.24. The molecule has 1 saturated heterocycles. The molecular weight excluding hydrogens is 597 g/mol. The zero-order chi connectivity index (χ0) is 29.6. The molecule has 3 aromatic rings. The van der Waals surface area contributed by atoms with Gasteiger partial charge in [0.15, 0.2) is 21.7 Å². The zero-order valence-corrected chi connectivity index (χ0v) is 25.6. The van der Waals surface area contributed by atoms with Crippen molar-refractivity contribution < 1.29 is 17.9 Å². The molecule has 6 rings (SSSR count). The third-order valence-corrected chi connectivity index (χ3v) is 10.9. The first-order valence-electron chi connectivity index (χ1n) is 13.1. The fourth-order valence-electron chi connectivity index (χ4n) is 5.17. The summed E-state index contributed by atoms with van der Waals surface area (Å²) in [7, 11) is 1.55. The third-order valence-electron chi connectivity index (χ3n) is 7.41. The number of ether oxygens (including phenoxy) is 2. The molecule has 0 amide bonds. The van der Waals surface area contributed by atoms with Crippen molar-refractivity contribution >= 4 is 66.9 Å². The fraction of sp³-hybridized carbons (Fsp3) is 0.296. The van der Waals surface area contributed by atoms with Crippen molar-refractivity contribution in [2.75, 3.05) is 63.8 Å². The number of benzene rings is 2. The average Bonchev–Trinajstić information content (AvgIpc) is 3.62. The molecule has 1 unspecified atom stereocenters. The van der Waals surface area contributed by atoms with Crippen LogP contribution in [0, 0.1) is 0 Å². The molecule has 1 atom stereocenters. The number of nitrogen functional groups attached to an aromatic ring is 1. The number of sulfone groups is 1. The maximum atomic E-state index is 13.0. The number of piperazine rings is 1. The van der Waals surface area contributed by atoms with Gasteiger partial charge in [0.05, 0.1) is 31.7 Å². The number of hydrogen-bond acceptors (Lipinski definition) is 12. The van der Waals surface area contributed by atoms with Crippen molar-refractivity contribution in [3.8, 4) is 11.5 Å². The lowest BCUT2D eigenvalue weighted by molar-refractivity contribution is 0.221. The van der Waals surface area contributed by atoms with Crippen LogP contribution in [-0.2, 0) is 9.84 Å². The first-order chi connectivity index (χ1) is 20.2. The summed E-state index contributed by atoms with van der Waals surface area (Å²) < 4.78 is 37.2. The van der Waals surface area contributed by atoms with E-state index in [2.05, 4.69) is 25.4 Å². The number of methoxy groups -OCH3 is 2. The third kappa shape index (κ3) is 4.97. The molecular formula is C27H30N8O4S3. The molecule has 0 bridgehead atoms. The van der Waals surface area contributed by atoms with Crippen LogP contribution in [0.25, 0.3) is 5.57 Å². The number of nitrogens with zero attached hydrogens (tertiary/aromatic N) is 5. The molecule has 220 valence electrons. The van der Waals surface area contributed by atoms with Crippen molar-refractivity contribution in [3.05, 3.63) is 54.0 Å². The molecule has 3 aliphatic heterocycles. The lowest BCUT2D eigenvalue weighted by Gasteiger charge is -2.39. The Morgan fingerprint density at radius 1 is 1.12 bits per heavy atom. The molecule has 42 heavy (non-hydrogen) atoms. The predicted molar refractivity (Wildman–Crippen MR) is 168 cm³/mol. The van der Waals surface area contributed by atoms with Gasteiger partial charge in [0.25, 0.3) is 0 Å². The summed E-state index contributed by atoms with van der Waals surface area (Å²) >= 11 is 6.71. The number of likely N-dealkylation sites (N-methyl/N-ethyl adjacent to an activating group) is 1. The van der Waals surface area contributed by atoms with Gasteiger partial charge in [-0.1, -0.05) is 11.3 Å². The predicted octanol–water partition coefficient (Wildman–Crippen LogP) is 2.98. The van der Waals surface area contributed by atoms with E-state index in [4.69, 9.17) is 32.4 Å². The number of nitrogens with one attached hydrogen (secondary N) is 2. The molecule has 1 fully saturated rings. The summed E-state index contributed by atoms with van der Waals surface area (Å²) in [6.07, 6.45) is 3.13. The van der Waals surface area contributed by atoms with Gasteiger partial charge in [-0.15, -0.1) is 0 Å². The van der Waals surface area contributed by atoms with Crippen LogP contribution in [-0.4, -0.2) is 93.2 Å². The number of aliphatic imine (C=N–C) groups is 1. The van der Waals surface area contributed by atoms with Crippen LogP contribution in [0.4, 0.5) is 16.5 Å². The minimum Gasteiger partial charge on any atom is -0.493 e. The minimum absolute atomic E-state index is 0.0614. The van der Waals surface area contributed by atoms with Gasteiger partial charge in [-0.25, -0.2) is 18.4 Å². The van der Waals surface area contributed by atoms with Gasteiger partial charge < -0.3 is 40.5 Å². The SMILES string of the molecule is COc1cc2c(cc1OC)C1=C(N3CCN(C(=S)Nc4ncc(S(=O)(=O)c5ccc(N)cc5)s4)CC3)N=CN(C)C1N2. The standard InChI is InChI=1S/C27H30N8O4S3/c1-33-15-30-24(23-18-12-20(38-2)21(39-3)13-19(18)31-25(23)33)34-8-10-35(11-9-34)27(40)32-26-29-14-22(41-26)42(36,37)17-6-4-16(28)5-7-17/h4-7,12-15,25,31H,8-11,28H2,1-3H3,(H,29,32,40). The average molecular weight is 627 g/mol. The van der Waals surface area contributed by atoms with E-state index in [0.29, 0.717) is 53.6 Å². The van der Waals surface area contributed by atoms with E-state index in [1.807, 2.05) is 30.4 Å². The number of nitrogens with two attached hydrogens (primary N) is 1. The van der Waals surface area contributed by atoms with Gasteiger partial charge in [0.2, 0.25) is 9.84 Å². The molecule has 3 aliphatic rings.